The first-order valence-corrected chi connectivity index (χ1v) is 14.2. The van der Waals surface area contributed by atoms with Crippen LogP contribution in [-0.2, 0) is 27.3 Å². The summed E-state index contributed by atoms with van der Waals surface area (Å²) in [5, 5.41) is 24.1. The van der Waals surface area contributed by atoms with Crippen molar-refractivity contribution in [2.24, 2.45) is 0 Å². The number of aliphatic carboxylic acids is 1. The zero-order chi connectivity index (χ0) is 30.1. The van der Waals surface area contributed by atoms with E-state index in [9.17, 15) is 38.6 Å². The summed E-state index contributed by atoms with van der Waals surface area (Å²) in [4.78, 5) is 66.6. The first kappa shape index (κ1) is 27.8. The van der Waals surface area contributed by atoms with Crippen molar-refractivity contribution in [3.8, 4) is 5.75 Å². The monoisotopic (exact) mass is 594 g/mol. The van der Waals surface area contributed by atoms with E-state index in [2.05, 4.69) is 10.6 Å². The molecule has 13 heteroatoms. The zero-order valence-corrected chi connectivity index (χ0v) is 23.4. The molecule has 4 heterocycles. The number of β-lactam (4-membered cyclic amide) rings is 1. The van der Waals surface area contributed by atoms with Gasteiger partial charge in [0.1, 0.15) is 40.6 Å². The van der Waals surface area contributed by atoms with Gasteiger partial charge in [-0.3, -0.25) is 19.2 Å². The van der Waals surface area contributed by atoms with Crippen molar-refractivity contribution in [1.82, 2.24) is 20.1 Å². The summed E-state index contributed by atoms with van der Waals surface area (Å²) in [5.41, 5.74) is 0.558. The molecule has 0 saturated carbocycles. The normalized spacial score (nSPS) is 22.7. The number of nitrogens with zero attached hydrogens (tertiary/aromatic N) is 2. The number of aromatic nitrogens is 1. The second-order valence-electron chi connectivity index (χ2n) is 11.2. The Morgan fingerprint density at radius 2 is 1.86 bits per heavy atom. The van der Waals surface area contributed by atoms with Gasteiger partial charge in [0.15, 0.2) is 0 Å². The van der Waals surface area contributed by atoms with E-state index in [1.807, 2.05) is 0 Å². The van der Waals surface area contributed by atoms with Crippen molar-refractivity contribution >= 4 is 46.4 Å². The Labute approximate surface area is 242 Å². The molecule has 11 nitrogen and oxygen atoms in total. The van der Waals surface area contributed by atoms with Gasteiger partial charge < -0.3 is 30.3 Å². The van der Waals surface area contributed by atoms with Crippen LogP contribution in [-0.4, -0.2) is 65.6 Å². The van der Waals surface area contributed by atoms with Gasteiger partial charge in [-0.05, 0) is 62.1 Å². The first-order chi connectivity index (χ1) is 19.9. The van der Waals surface area contributed by atoms with Crippen molar-refractivity contribution in [2.75, 3.05) is 0 Å². The molecule has 2 saturated heterocycles. The van der Waals surface area contributed by atoms with E-state index in [0.29, 0.717) is 30.5 Å². The Balaban J connectivity index is 1.31. The van der Waals surface area contributed by atoms with Crippen LogP contribution in [0.3, 0.4) is 0 Å². The van der Waals surface area contributed by atoms with Crippen LogP contribution in [0.5, 0.6) is 5.75 Å². The molecule has 0 spiro atoms. The van der Waals surface area contributed by atoms with Crippen LogP contribution in [0.4, 0.5) is 4.39 Å². The Morgan fingerprint density at radius 3 is 2.55 bits per heavy atom. The highest BCUT2D eigenvalue weighted by Crippen LogP contribution is 2.50. The van der Waals surface area contributed by atoms with E-state index >= 15 is 0 Å². The third kappa shape index (κ3) is 4.39. The van der Waals surface area contributed by atoms with E-state index in [-0.39, 0.29) is 22.3 Å². The second-order valence-corrected chi connectivity index (χ2v) is 13.0. The molecule has 2 aromatic carbocycles. The number of thioether (sulfide) groups is 1. The van der Waals surface area contributed by atoms with Crippen molar-refractivity contribution in [2.45, 2.75) is 61.5 Å². The van der Waals surface area contributed by atoms with Crippen molar-refractivity contribution < 1.29 is 33.8 Å². The number of carbonyl (C=O) groups excluding carboxylic acids is 3. The van der Waals surface area contributed by atoms with Crippen molar-refractivity contribution in [3.05, 3.63) is 75.3 Å². The molecule has 4 unspecified atom stereocenters. The number of halogens is 1. The number of pyridine rings is 1. The van der Waals surface area contributed by atoms with Crippen LogP contribution < -0.4 is 16.1 Å². The number of carboxylic acids is 1. The number of benzene rings is 2. The van der Waals surface area contributed by atoms with Crippen molar-refractivity contribution in [3.63, 3.8) is 0 Å². The summed E-state index contributed by atoms with van der Waals surface area (Å²) in [6.45, 7) is 3.94. The quantitative estimate of drug-likeness (QED) is 0.315. The smallest absolute Gasteiger partial charge is 0.327 e. The van der Waals surface area contributed by atoms with Crippen LogP contribution in [0, 0.1) is 5.82 Å². The minimum absolute atomic E-state index is 0.0667. The Hall–Kier alpha value is -4.39. The number of hydrogen-bond donors (Lipinski definition) is 4. The summed E-state index contributed by atoms with van der Waals surface area (Å²) in [6.07, 6.45) is 2.70. The minimum atomic E-state index is -1.38. The number of phenols is 1. The number of carboxylic acid groups (broad SMARTS) is 1. The van der Waals surface area contributed by atoms with Crippen LogP contribution in [0.15, 0.2) is 47.4 Å². The van der Waals surface area contributed by atoms with Gasteiger partial charge in [0.2, 0.25) is 17.2 Å². The number of amides is 3. The molecule has 3 aliphatic rings. The molecule has 1 aromatic heterocycles. The summed E-state index contributed by atoms with van der Waals surface area (Å²) >= 11 is 1.26. The van der Waals surface area contributed by atoms with Gasteiger partial charge in [-0.2, -0.15) is 0 Å². The Kier molecular flexibility index (Phi) is 6.52. The molecule has 3 amide bonds. The lowest BCUT2D eigenvalue weighted by Gasteiger charge is -2.44. The van der Waals surface area contributed by atoms with Gasteiger partial charge in [0, 0.05) is 22.9 Å². The largest absolute Gasteiger partial charge is 0.508 e. The molecular formula is C29H27FN4O7S. The molecule has 42 heavy (non-hydrogen) atoms. The lowest BCUT2D eigenvalue weighted by Crippen LogP contribution is -2.71. The molecule has 3 aromatic rings. The SMILES string of the molecule is CC1(C)SC2C(NC(=O)C(NC(=O)c3cn4c5c(cc(F)cc5c3=O)CCC4)c3ccc(O)cc3)C(=O)N2C1C(=O)O. The fourth-order valence-electron chi connectivity index (χ4n) is 6.12. The standard InChI is InChI=1S/C29H27FN4O7S/c1-29(2)23(28(40)41)34-26(39)20(27(34)42-29)32-25(38)19(13-5-7-16(35)8-6-13)31-24(37)18-12-33-9-3-4-14-10-15(30)11-17(21(14)33)22(18)36/h5-8,10-12,19-20,23,27,35H,3-4,9H2,1-2H3,(H,31,37)(H,32,38)(H,40,41). The third-order valence-corrected chi connectivity index (χ3v) is 9.61. The lowest BCUT2D eigenvalue weighted by atomic mass is 9.95. The Morgan fingerprint density at radius 1 is 1.14 bits per heavy atom. The van der Waals surface area contributed by atoms with E-state index in [1.54, 1.807) is 18.4 Å². The average molecular weight is 595 g/mol. The number of carbonyl (C=O) groups is 4. The summed E-state index contributed by atoms with van der Waals surface area (Å²) in [5.74, 6) is -4.00. The van der Waals surface area contributed by atoms with E-state index < -0.39 is 63.2 Å². The molecule has 4 atom stereocenters. The summed E-state index contributed by atoms with van der Waals surface area (Å²) in [6, 6.07) is 4.50. The number of fused-ring (bicyclic) bond motifs is 1. The van der Waals surface area contributed by atoms with Crippen LogP contribution in [0.1, 0.15) is 47.8 Å². The maximum atomic E-state index is 14.3. The molecule has 6 rings (SSSR count). The number of aromatic hydroxyl groups is 1. The van der Waals surface area contributed by atoms with Gasteiger partial charge in [-0.25, -0.2) is 9.18 Å². The Bertz CT molecular complexity index is 1740. The van der Waals surface area contributed by atoms with Gasteiger partial charge in [0.25, 0.3) is 5.91 Å². The topological polar surface area (TPSA) is 158 Å². The first-order valence-electron chi connectivity index (χ1n) is 13.4. The fourth-order valence-corrected chi connectivity index (χ4v) is 7.74. The number of rotatable bonds is 6. The van der Waals surface area contributed by atoms with E-state index in [1.165, 1.54) is 53.2 Å². The highest BCUT2D eigenvalue weighted by Gasteiger charge is 2.64. The third-order valence-electron chi connectivity index (χ3n) is 8.04. The van der Waals surface area contributed by atoms with Gasteiger partial charge in [0.05, 0.1) is 5.52 Å². The highest BCUT2D eigenvalue weighted by atomic mass is 32.2. The van der Waals surface area contributed by atoms with Crippen molar-refractivity contribution in [1.29, 1.82) is 0 Å². The summed E-state index contributed by atoms with van der Waals surface area (Å²) in [7, 11) is 0. The molecule has 3 aliphatic heterocycles. The second kappa shape index (κ2) is 9.86. The van der Waals surface area contributed by atoms with Gasteiger partial charge in [-0.15, -0.1) is 11.8 Å². The molecule has 0 bridgehead atoms. The molecule has 218 valence electrons. The van der Waals surface area contributed by atoms with Gasteiger partial charge >= 0.3 is 5.97 Å². The lowest BCUT2D eigenvalue weighted by molar-refractivity contribution is -0.161. The van der Waals surface area contributed by atoms with Crippen LogP contribution in [0.2, 0.25) is 0 Å². The molecule has 4 N–H and O–H groups in total. The number of hydrogen-bond acceptors (Lipinski definition) is 7. The maximum absolute atomic E-state index is 14.3. The number of nitrogens with one attached hydrogen (secondary N) is 2. The van der Waals surface area contributed by atoms with Crippen LogP contribution >= 0.6 is 11.8 Å². The van der Waals surface area contributed by atoms with E-state index in [4.69, 9.17) is 0 Å². The molecular weight excluding hydrogens is 567 g/mol. The zero-order valence-electron chi connectivity index (χ0n) is 22.6. The number of aryl methyl sites for hydroxylation is 2. The average Bonchev–Trinajstić information content (AvgIpc) is 3.20. The predicted molar refractivity (Wildman–Crippen MR) is 150 cm³/mol. The fraction of sp³-hybridized carbons (Fsp3) is 0.345. The highest BCUT2D eigenvalue weighted by molar-refractivity contribution is 8.01. The minimum Gasteiger partial charge on any atom is -0.508 e. The molecule has 0 radical (unpaired) electrons. The van der Waals surface area contributed by atoms with Crippen LogP contribution in [0.25, 0.3) is 10.9 Å². The maximum Gasteiger partial charge on any atom is 0.327 e. The summed E-state index contributed by atoms with van der Waals surface area (Å²) < 4.78 is 15.3. The molecule has 2 fully saturated rings. The molecule has 0 aliphatic carbocycles. The predicted octanol–water partition coefficient (Wildman–Crippen LogP) is 1.90. The number of phenolic OH excluding ortho intramolecular Hbond substituents is 1. The van der Waals surface area contributed by atoms with E-state index in [0.717, 1.165) is 6.07 Å². The van der Waals surface area contributed by atoms with Gasteiger partial charge in [-0.1, -0.05) is 12.1 Å².